The molecule has 1 aliphatic carbocycles. The maximum Gasteiger partial charge on any atom is 0.227 e. The number of hydrogen-bond acceptors (Lipinski definition) is 4. The minimum absolute atomic E-state index is 0.0203. The molecule has 5 heteroatoms. The fraction of sp³-hybridized carbons (Fsp3) is 0.333. The molecule has 32 heavy (non-hydrogen) atoms. The van der Waals surface area contributed by atoms with Crippen LogP contribution in [0.15, 0.2) is 72.2 Å². The van der Waals surface area contributed by atoms with Crippen molar-refractivity contribution < 1.29 is 9.90 Å². The van der Waals surface area contributed by atoms with Crippen LogP contribution in [-0.4, -0.2) is 46.1 Å². The highest BCUT2D eigenvalue weighted by Crippen LogP contribution is 2.39. The molecule has 164 valence electrons. The van der Waals surface area contributed by atoms with Crippen LogP contribution in [0.5, 0.6) is 0 Å². The highest BCUT2D eigenvalue weighted by Gasteiger charge is 2.34. The average Bonchev–Trinajstić information content (AvgIpc) is 2.93. The molecular weight excluding hydrogens is 398 g/mol. The number of aliphatic hydroxyl groups excluding tert-OH is 1. The summed E-state index contributed by atoms with van der Waals surface area (Å²) in [6.45, 7) is 3.56. The summed E-state index contributed by atoms with van der Waals surface area (Å²) >= 11 is 0. The number of rotatable bonds is 2. The van der Waals surface area contributed by atoms with Crippen LogP contribution in [0.4, 0.5) is 0 Å². The lowest BCUT2D eigenvalue weighted by atomic mass is 9.84. The van der Waals surface area contributed by atoms with Crippen LogP contribution in [0, 0.1) is 6.92 Å². The van der Waals surface area contributed by atoms with E-state index in [0.717, 1.165) is 37.1 Å². The summed E-state index contributed by atoms with van der Waals surface area (Å²) in [5.74, 6) is 0.173. The van der Waals surface area contributed by atoms with E-state index >= 15 is 0 Å². The third-order valence-electron chi connectivity index (χ3n) is 6.82. The number of carbonyl (C=O) groups excluding carboxylic acids is 1. The van der Waals surface area contributed by atoms with Gasteiger partial charge in [0.05, 0.1) is 18.6 Å². The van der Waals surface area contributed by atoms with Gasteiger partial charge in [0.25, 0.3) is 0 Å². The van der Waals surface area contributed by atoms with Crippen LogP contribution >= 0.6 is 0 Å². The second-order valence-corrected chi connectivity index (χ2v) is 8.94. The number of amides is 1. The highest BCUT2D eigenvalue weighted by molar-refractivity contribution is 5.81. The molecule has 2 aromatic rings. The zero-order valence-electron chi connectivity index (χ0n) is 18.4. The molecule has 2 atom stereocenters. The zero-order chi connectivity index (χ0) is 22.1. The van der Waals surface area contributed by atoms with Crippen LogP contribution < -0.4 is 5.32 Å². The number of fused-ring (bicyclic) bond motifs is 2. The first kappa shape index (κ1) is 20.7. The number of aryl methyl sites for hydroxylation is 1. The van der Waals surface area contributed by atoms with Gasteiger partial charge in [-0.1, -0.05) is 35.4 Å². The van der Waals surface area contributed by atoms with E-state index in [9.17, 15) is 9.90 Å². The lowest BCUT2D eigenvalue weighted by Crippen LogP contribution is -2.39. The van der Waals surface area contributed by atoms with Crippen LogP contribution in [0.2, 0.25) is 0 Å². The molecule has 3 heterocycles. The smallest absolute Gasteiger partial charge is 0.227 e. The first-order valence-electron chi connectivity index (χ1n) is 11.4. The Morgan fingerprint density at radius 2 is 1.97 bits per heavy atom. The SMILES string of the molecule is Cc1ccc2c(c1)CC(O)C1=CC=CNC1C2=C1CCN(C(=O)Cc2ccncc2)CC1. The van der Waals surface area contributed by atoms with Gasteiger partial charge in [0.1, 0.15) is 0 Å². The molecule has 1 saturated heterocycles. The molecule has 5 rings (SSSR count). The van der Waals surface area contributed by atoms with Crippen molar-refractivity contribution in [3.05, 3.63) is 94.5 Å². The Kier molecular flexibility index (Phi) is 5.66. The van der Waals surface area contributed by atoms with Gasteiger partial charge >= 0.3 is 0 Å². The molecule has 1 amide bonds. The third kappa shape index (κ3) is 4.00. The first-order chi connectivity index (χ1) is 15.6. The van der Waals surface area contributed by atoms with Gasteiger partial charge in [0.2, 0.25) is 5.91 Å². The fourth-order valence-corrected chi connectivity index (χ4v) is 5.17. The summed E-state index contributed by atoms with van der Waals surface area (Å²) in [6, 6.07) is 10.4. The quantitative estimate of drug-likeness (QED) is 0.772. The van der Waals surface area contributed by atoms with E-state index in [2.05, 4.69) is 41.5 Å². The molecule has 0 spiro atoms. The van der Waals surface area contributed by atoms with Gasteiger partial charge in [-0.15, -0.1) is 0 Å². The van der Waals surface area contributed by atoms with Gasteiger partial charge < -0.3 is 15.3 Å². The maximum atomic E-state index is 12.8. The van der Waals surface area contributed by atoms with Crippen molar-refractivity contribution in [1.82, 2.24) is 15.2 Å². The summed E-state index contributed by atoms with van der Waals surface area (Å²) in [7, 11) is 0. The number of hydrogen-bond donors (Lipinski definition) is 2. The molecule has 1 aromatic carbocycles. The molecule has 2 aliphatic heterocycles. The van der Waals surface area contributed by atoms with Crippen molar-refractivity contribution in [2.75, 3.05) is 13.1 Å². The van der Waals surface area contributed by atoms with E-state index in [1.807, 2.05) is 29.3 Å². The van der Waals surface area contributed by atoms with Gasteiger partial charge in [-0.2, -0.15) is 0 Å². The number of dihydropyridines is 1. The monoisotopic (exact) mass is 427 g/mol. The van der Waals surface area contributed by atoms with Crippen LogP contribution in [0.3, 0.4) is 0 Å². The second-order valence-electron chi connectivity index (χ2n) is 8.94. The largest absolute Gasteiger partial charge is 0.388 e. The molecule has 1 fully saturated rings. The minimum Gasteiger partial charge on any atom is -0.388 e. The Morgan fingerprint density at radius 3 is 2.75 bits per heavy atom. The minimum atomic E-state index is -0.502. The molecule has 3 aliphatic rings. The van der Waals surface area contributed by atoms with Crippen molar-refractivity contribution in [1.29, 1.82) is 0 Å². The van der Waals surface area contributed by atoms with E-state index in [-0.39, 0.29) is 11.9 Å². The van der Waals surface area contributed by atoms with Crippen molar-refractivity contribution in [3.63, 3.8) is 0 Å². The van der Waals surface area contributed by atoms with Crippen molar-refractivity contribution in [2.45, 2.75) is 44.8 Å². The Balaban J connectivity index is 1.43. The van der Waals surface area contributed by atoms with E-state index < -0.39 is 6.10 Å². The zero-order valence-corrected chi connectivity index (χ0v) is 18.4. The molecule has 0 radical (unpaired) electrons. The lowest BCUT2D eigenvalue weighted by molar-refractivity contribution is -0.130. The standard InChI is InChI=1S/C27H29N3O2/c1-18-4-5-22-21(15-18)17-24(31)23-3-2-10-29-27(23)26(22)20-8-13-30(14-9-20)25(32)16-19-6-11-28-12-7-19/h2-7,10-12,15,24,27,29,31H,8-9,13-14,16-17H2,1H3. The Morgan fingerprint density at radius 1 is 1.19 bits per heavy atom. The van der Waals surface area contributed by atoms with Crippen molar-refractivity contribution in [3.8, 4) is 0 Å². The Labute approximate surface area is 189 Å². The van der Waals surface area contributed by atoms with Crippen LogP contribution in [0.25, 0.3) is 5.57 Å². The molecule has 2 N–H and O–H groups in total. The Bertz CT molecular complexity index is 1110. The van der Waals surface area contributed by atoms with Gasteiger partial charge in [-0.05, 0) is 72.0 Å². The molecule has 1 aromatic heterocycles. The second kappa shape index (κ2) is 8.75. The Hall–Kier alpha value is -3.18. The highest BCUT2D eigenvalue weighted by atomic mass is 16.3. The summed E-state index contributed by atoms with van der Waals surface area (Å²) < 4.78 is 0. The lowest BCUT2D eigenvalue weighted by Gasteiger charge is -2.33. The number of aromatic nitrogens is 1. The van der Waals surface area contributed by atoms with E-state index in [4.69, 9.17) is 0 Å². The average molecular weight is 428 g/mol. The fourth-order valence-electron chi connectivity index (χ4n) is 5.17. The van der Waals surface area contributed by atoms with E-state index in [1.165, 1.54) is 27.8 Å². The normalized spacial score (nSPS) is 22.4. The topological polar surface area (TPSA) is 65.5 Å². The molecule has 0 saturated carbocycles. The van der Waals surface area contributed by atoms with Crippen LogP contribution in [0.1, 0.15) is 35.1 Å². The number of likely N-dealkylation sites (tertiary alicyclic amines) is 1. The predicted octanol–water partition coefficient (Wildman–Crippen LogP) is 3.34. The van der Waals surface area contributed by atoms with Crippen LogP contribution in [-0.2, 0) is 17.6 Å². The summed E-state index contributed by atoms with van der Waals surface area (Å²) in [5.41, 5.74) is 8.35. The molecule has 2 unspecified atom stereocenters. The number of pyridine rings is 1. The van der Waals surface area contributed by atoms with Gasteiger partial charge in [-0.3, -0.25) is 9.78 Å². The van der Waals surface area contributed by atoms with Gasteiger partial charge in [-0.25, -0.2) is 0 Å². The van der Waals surface area contributed by atoms with E-state index in [0.29, 0.717) is 12.8 Å². The number of benzene rings is 1. The van der Waals surface area contributed by atoms with E-state index in [1.54, 1.807) is 12.4 Å². The summed E-state index contributed by atoms with van der Waals surface area (Å²) in [4.78, 5) is 18.9. The number of nitrogens with one attached hydrogen (secondary N) is 1. The maximum absolute atomic E-state index is 12.8. The third-order valence-corrected chi connectivity index (χ3v) is 6.82. The van der Waals surface area contributed by atoms with Crippen molar-refractivity contribution >= 4 is 11.5 Å². The molecule has 5 nitrogen and oxygen atoms in total. The number of nitrogens with zero attached hydrogens (tertiary/aromatic N) is 2. The predicted molar refractivity (Wildman–Crippen MR) is 126 cm³/mol. The van der Waals surface area contributed by atoms with Gasteiger partial charge in [0.15, 0.2) is 0 Å². The van der Waals surface area contributed by atoms with Crippen molar-refractivity contribution in [2.24, 2.45) is 0 Å². The molecular formula is C27H29N3O2. The number of aliphatic hydroxyl groups is 1. The molecule has 0 bridgehead atoms. The van der Waals surface area contributed by atoms with Gasteiger partial charge in [0, 0.05) is 31.9 Å². The summed E-state index contributed by atoms with van der Waals surface area (Å²) in [6.07, 6.45) is 11.7. The summed E-state index contributed by atoms with van der Waals surface area (Å²) in [5, 5.41) is 14.5. The first-order valence-corrected chi connectivity index (χ1v) is 11.4. The number of piperidine rings is 1. The number of carbonyl (C=O) groups is 1. The number of allylic oxidation sites excluding steroid dienone is 2.